The number of nitrogens with zero attached hydrogens (tertiary/aromatic N) is 3. The summed E-state index contributed by atoms with van der Waals surface area (Å²) in [5.74, 6) is 0.0166. The van der Waals surface area contributed by atoms with Gasteiger partial charge in [-0.15, -0.1) is 0 Å². The lowest BCUT2D eigenvalue weighted by Crippen LogP contribution is -2.23. The smallest absolute Gasteiger partial charge is 0.310 e. The molecule has 0 aliphatic heterocycles. The van der Waals surface area contributed by atoms with Crippen molar-refractivity contribution in [2.45, 2.75) is 53.0 Å². The van der Waals surface area contributed by atoms with Crippen molar-refractivity contribution in [2.75, 3.05) is 27.2 Å². The first-order valence-electron chi connectivity index (χ1n) is 12.7. The van der Waals surface area contributed by atoms with Crippen LogP contribution in [0.15, 0.2) is 65.5 Å². The molecule has 1 aromatic heterocycles. The summed E-state index contributed by atoms with van der Waals surface area (Å²) in [6.07, 6.45) is 2.96. The Bertz CT molecular complexity index is 1220. The second kappa shape index (κ2) is 15.5. The highest BCUT2D eigenvalue weighted by atomic mass is 16.5. The molecular weight excluding hydrogens is 466 g/mol. The van der Waals surface area contributed by atoms with Gasteiger partial charge in [-0.1, -0.05) is 48.0 Å². The zero-order valence-electron chi connectivity index (χ0n) is 22.7. The highest BCUT2D eigenvalue weighted by Gasteiger charge is 2.07. The topological polar surface area (TPSA) is 81.5 Å². The largest absolute Gasteiger partial charge is 0.466 e. The summed E-state index contributed by atoms with van der Waals surface area (Å²) in [5, 5.41) is 4.20. The number of ketones is 1. The first-order valence-corrected chi connectivity index (χ1v) is 12.7. The van der Waals surface area contributed by atoms with Gasteiger partial charge in [0, 0.05) is 18.1 Å². The molecule has 198 valence electrons. The maximum Gasteiger partial charge on any atom is 0.310 e. The van der Waals surface area contributed by atoms with Crippen LogP contribution in [0, 0.1) is 13.8 Å². The fraction of sp³-hybridized carbons (Fsp3) is 0.400. The molecule has 3 rings (SSSR count). The minimum absolute atomic E-state index is 0.142. The molecule has 0 saturated carbocycles. The van der Waals surface area contributed by atoms with E-state index in [1.807, 2.05) is 62.4 Å². The molecule has 0 bridgehead atoms. The fourth-order valence-electron chi connectivity index (χ4n) is 3.73. The Morgan fingerprint density at radius 2 is 1.68 bits per heavy atom. The fourth-order valence-corrected chi connectivity index (χ4v) is 3.73. The van der Waals surface area contributed by atoms with Gasteiger partial charge in [0.2, 0.25) is 0 Å². The van der Waals surface area contributed by atoms with Gasteiger partial charge < -0.3 is 9.64 Å². The standard InChI is InChI=1S/C16H18N2O3.C14H21NO/c1-3-21-16(20)10-13-5-4-6-14(9-13)11-18-15(19)8-7-12(2)17-18;1-12-7-6-8-13(11-12)14(16)9-4-5-10-15(2)3/h4-9H,3,10-11H2,1-2H3;6-8,11H,4-5,9-10H2,1-3H3. The third-order valence-corrected chi connectivity index (χ3v) is 5.58. The van der Waals surface area contributed by atoms with E-state index in [4.69, 9.17) is 4.74 Å². The van der Waals surface area contributed by atoms with E-state index < -0.39 is 0 Å². The number of ether oxygens (including phenoxy) is 1. The summed E-state index contributed by atoms with van der Waals surface area (Å²) in [4.78, 5) is 37.2. The summed E-state index contributed by atoms with van der Waals surface area (Å²) in [5.41, 5.74) is 4.45. The lowest BCUT2D eigenvalue weighted by Gasteiger charge is -2.08. The van der Waals surface area contributed by atoms with Crippen molar-refractivity contribution in [1.29, 1.82) is 0 Å². The summed E-state index contributed by atoms with van der Waals surface area (Å²) < 4.78 is 6.35. The Morgan fingerprint density at radius 3 is 2.38 bits per heavy atom. The number of rotatable bonds is 11. The van der Waals surface area contributed by atoms with Crippen molar-refractivity contribution in [3.8, 4) is 0 Å². The minimum atomic E-state index is -0.250. The number of aromatic nitrogens is 2. The van der Waals surface area contributed by atoms with E-state index in [9.17, 15) is 14.4 Å². The summed E-state index contributed by atoms with van der Waals surface area (Å²) in [6.45, 7) is 7.46. The van der Waals surface area contributed by atoms with Gasteiger partial charge in [0.05, 0.1) is 25.3 Å². The number of carbonyl (C=O) groups excluding carboxylic acids is 2. The molecule has 0 atom stereocenters. The Labute approximate surface area is 220 Å². The zero-order chi connectivity index (χ0) is 27.2. The van der Waals surface area contributed by atoms with Gasteiger partial charge in [-0.3, -0.25) is 14.4 Å². The number of hydrogen-bond acceptors (Lipinski definition) is 6. The molecule has 0 spiro atoms. The molecule has 0 saturated heterocycles. The van der Waals surface area contributed by atoms with E-state index in [1.54, 1.807) is 13.0 Å². The summed E-state index contributed by atoms with van der Waals surface area (Å²) in [7, 11) is 4.12. The molecule has 0 unspecified atom stereocenters. The number of esters is 1. The zero-order valence-corrected chi connectivity index (χ0v) is 22.7. The molecule has 7 nitrogen and oxygen atoms in total. The van der Waals surface area contributed by atoms with Crippen LogP contribution >= 0.6 is 0 Å². The molecule has 3 aromatic rings. The maximum atomic E-state index is 11.8. The van der Waals surface area contributed by atoms with Crippen LogP contribution in [-0.4, -0.2) is 53.7 Å². The van der Waals surface area contributed by atoms with Gasteiger partial charge in [0.15, 0.2) is 5.78 Å². The molecule has 1 heterocycles. The Morgan fingerprint density at radius 1 is 0.946 bits per heavy atom. The maximum absolute atomic E-state index is 11.8. The second-order valence-corrected chi connectivity index (χ2v) is 9.33. The molecule has 0 radical (unpaired) electrons. The van der Waals surface area contributed by atoms with Crippen LogP contribution in [0.1, 0.15) is 58.9 Å². The second-order valence-electron chi connectivity index (χ2n) is 9.33. The van der Waals surface area contributed by atoms with Gasteiger partial charge in [-0.2, -0.15) is 5.10 Å². The van der Waals surface area contributed by atoms with Crippen molar-refractivity contribution < 1.29 is 14.3 Å². The van der Waals surface area contributed by atoms with Crippen LogP contribution in [0.3, 0.4) is 0 Å². The van der Waals surface area contributed by atoms with Crippen molar-refractivity contribution in [3.05, 3.63) is 99.0 Å². The SMILES string of the molecule is CCOC(=O)Cc1cccc(Cn2nc(C)ccc2=O)c1.Cc1cccc(C(=O)CCCCN(C)C)c1. The highest BCUT2D eigenvalue weighted by Crippen LogP contribution is 2.10. The molecule has 2 aromatic carbocycles. The number of aryl methyl sites for hydroxylation is 2. The molecular formula is C30H39N3O4. The Balaban J connectivity index is 0.000000271. The van der Waals surface area contributed by atoms with Crippen LogP contribution in [0.5, 0.6) is 0 Å². The van der Waals surface area contributed by atoms with E-state index in [-0.39, 0.29) is 23.7 Å². The molecule has 0 fully saturated rings. The normalized spacial score (nSPS) is 10.5. The predicted molar refractivity (Wildman–Crippen MR) is 147 cm³/mol. The van der Waals surface area contributed by atoms with Gasteiger partial charge in [-0.25, -0.2) is 4.68 Å². The number of Topliss-reactive ketones (excluding diaryl/α,β-unsaturated/α-hetero) is 1. The van der Waals surface area contributed by atoms with E-state index in [2.05, 4.69) is 24.1 Å². The molecule has 37 heavy (non-hydrogen) atoms. The third kappa shape index (κ3) is 11.3. The lowest BCUT2D eigenvalue weighted by atomic mass is 10.0. The number of carbonyl (C=O) groups is 2. The van der Waals surface area contributed by atoms with Crippen LogP contribution in [0.4, 0.5) is 0 Å². The predicted octanol–water partition coefficient (Wildman–Crippen LogP) is 4.62. The van der Waals surface area contributed by atoms with E-state index in [0.717, 1.165) is 47.3 Å². The van der Waals surface area contributed by atoms with Gasteiger partial charge >= 0.3 is 5.97 Å². The average molecular weight is 506 g/mol. The molecule has 0 N–H and O–H groups in total. The first-order chi connectivity index (χ1) is 17.7. The van der Waals surface area contributed by atoms with Crippen molar-refractivity contribution in [3.63, 3.8) is 0 Å². The highest BCUT2D eigenvalue weighted by molar-refractivity contribution is 5.96. The number of unbranched alkanes of at least 4 members (excludes halogenated alkanes) is 1. The minimum Gasteiger partial charge on any atom is -0.466 e. The number of hydrogen-bond donors (Lipinski definition) is 0. The molecule has 7 heteroatoms. The van der Waals surface area contributed by atoms with E-state index in [0.29, 0.717) is 19.6 Å². The van der Waals surface area contributed by atoms with E-state index in [1.165, 1.54) is 10.7 Å². The Kier molecular flexibility index (Phi) is 12.4. The number of benzene rings is 2. The van der Waals surface area contributed by atoms with Crippen LogP contribution < -0.4 is 5.56 Å². The van der Waals surface area contributed by atoms with Crippen molar-refractivity contribution in [2.24, 2.45) is 0 Å². The average Bonchev–Trinajstić information content (AvgIpc) is 2.84. The molecule has 0 aliphatic carbocycles. The monoisotopic (exact) mass is 505 g/mol. The van der Waals surface area contributed by atoms with Crippen molar-refractivity contribution >= 4 is 11.8 Å². The third-order valence-electron chi connectivity index (χ3n) is 5.58. The van der Waals surface area contributed by atoms with Crippen LogP contribution in [0.25, 0.3) is 0 Å². The quantitative estimate of drug-likeness (QED) is 0.215. The first kappa shape index (κ1) is 29.6. The molecule has 0 aliphatic rings. The summed E-state index contributed by atoms with van der Waals surface area (Å²) in [6, 6.07) is 18.6. The van der Waals surface area contributed by atoms with Gasteiger partial charge in [-0.05, 0) is 77.5 Å². The van der Waals surface area contributed by atoms with Crippen LogP contribution in [-0.2, 0) is 22.5 Å². The molecule has 0 amide bonds. The van der Waals surface area contributed by atoms with E-state index >= 15 is 0 Å². The Hall–Kier alpha value is -3.58. The summed E-state index contributed by atoms with van der Waals surface area (Å²) >= 11 is 0. The van der Waals surface area contributed by atoms with Gasteiger partial charge in [0.1, 0.15) is 0 Å². The van der Waals surface area contributed by atoms with Crippen LogP contribution in [0.2, 0.25) is 0 Å². The van der Waals surface area contributed by atoms with Crippen molar-refractivity contribution in [1.82, 2.24) is 14.7 Å². The van der Waals surface area contributed by atoms with Gasteiger partial charge in [0.25, 0.3) is 5.56 Å². The lowest BCUT2D eigenvalue weighted by molar-refractivity contribution is -0.142.